The van der Waals surface area contributed by atoms with Crippen LogP contribution >= 0.6 is 0 Å². The second-order valence-electron chi connectivity index (χ2n) is 7.74. The molecule has 1 aliphatic heterocycles. The van der Waals surface area contributed by atoms with Gasteiger partial charge in [-0.25, -0.2) is 0 Å². The summed E-state index contributed by atoms with van der Waals surface area (Å²) in [5.41, 5.74) is 4.75. The van der Waals surface area contributed by atoms with Crippen LogP contribution in [-0.4, -0.2) is 25.8 Å². The summed E-state index contributed by atoms with van der Waals surface area (Å²) in [6.07, 6.45) is 5.00. The maximum Gasteiger partial charge on any atom is 0.258 e. The molecule has 0 spiro atoms. The number of hydrogen-bond donors (Lipinski definition) is 2. The van der Waals surface area contributed by atoms with Crippen molar-refractivity contribution in [3.63, 3.8) is 0 Å². The van der Waals surface area contributed by atoms with Crippen LogP contribution < -0.4 is 10.6 Å². The molecule has 0 radical (unpaired) electrons. The molecular weight excluding hydrogens is 382 g/mol. The van der Waals surface area contributed by atoms with Gasteiger partial charge in [0.05, 0.1) is 58.6 Å². The molecule has 0 aromatic carbocycles. The fourth-order valence-electron chi connectivity index (χ4n) is 3.45. The van der Waals surface area contributed by atoms with Crippen LogP contribution in [0.3, 0.4) is 0 Å². The van der Waals surface area contributed by atoms with E-state index in [1.54, 1.807) is 37.1 Å². The third-order valence-corrected chi connectivity index (χ3v) is 5.07. The number of fused-ring (bicyclic) bond motifs is 1. The molecule has 0 saturated carbocycles. The summed E-state index contributed by atoms with van der Waals surface area (Å²) in [6.45, 7) is 9.07. The van der Waals surface area contributed by atoms with Crippen LogP contribution in [0.4, 0.5) is 11.4 Å². The van der Waals surface area contributed by atoms with Gasteiger partial charge in [-0.3, -0.25) is 14.5 Å². The van der Waals surface area contributed by atoms with Gasteiger partial charge in [-0.05, 0) is 40.7 Å². The molecule has 0 unspecified atom stereocenters. The number of nitrogens with zero attached hydrogens (tertiary/aromatic N) is 5. The molecule has 4 rings (SSSR count). The minimum absolute atomic E-state index is 0.211. The number of allylic oxidation sites excluding steroid dienone is 1. The fourth-order valence-corrected chi connectivity index (χ4v) is 3.45. The molecule has 0 aliphatic carbocycles. The average Bonchev–Trinajstić information content (AvgIpc) is 3.38. The summed E-state index contributed by atoms with van der Waals surface area (Å²) in [5, 5.41) is 23.6. The molecule has 4 heterocycles. The number of carbonyl (C=O) groups excluding carboxylic acids is 1. The maximum absolute atomic E-state index is 12.7. The number of amides is 1. The molecule has 1 aliphatic rings. The lowest BCUT2D eigenvalue weighted by Crippen LogP contribution is -2.24. The Morgan fingerprint density at radius 3 is 2.77 bits per heavy atom. The molecule has 152 valence electrons. The zero-order valence-electron chi connectivity index (χ0n) is 17.4. The first-order valence-corrected chi connectivity index (χ1v) is 9.40. The van der Waals surface area contributed by atoms with Gasteiger partial charge in [-0.1, -0.05) is 5.16 Å². The topological polar surface area (TPSA) is 122 Å². The van der Waals surface area contributed by atoms with Crippen LogP contribution in [0.15, 0.2) is 34.9 Å². The number of nitriles is 1. The van der Waals surface area contributed by atoms with E-state index in [1.165, 1.54) is 0 Å². The van der Waals surface area contributed by atoms with Crippen LogP contribution in [0.5, 0.6) is 0 Å². The van der Waals surface area contributed by atoms with E-state index in [4.69, 9.17) is 4.52 Å². The normalized spacial score (nSPS) is 14.9. The Kier molecular flexibility index (Phi) is 4.42. The predicted molar refractivity (Wildman–Crippen MR) is 111 cm³/mol. The largest absolute Gasteiger partial charge is 0.361 e. The van der Waals surface area contributed by atoms with E-state index in [9.17, 15) is 10.1 Å². The average molecular weight is 403 g/mol. The predicted octanol–water partition coefficient (Wildman–Crippen LogP) is 3.60. The zero-order chi connectivity index (χ0) is 21.6. The number of carbonyl (C=O) groups is 1. The molecular formula is C21H21N7O2. The Hall–Kier alpha value is -3.93. The number of hydrogen-bond acceptors (Lipinski definition) is 7. The first kappa shape index (κ1) is 19.4. The number of rotatable bonds is 4. The van der Waals surface area contributed by atoms with Gasteiger partial charge in [0.1, 0.15) is 11.3 Å². The second-order valence-corrected chi connectivity index (χ2v) is 7.74. The molecule has 9 heteroatoms. The van der Waals surface area contributed by atoms with Gasteiger partial charge in [-0.2, -0.15) is 10.4 Å². The zero-order valence-corrected chi connectivity index (χ0v) is 17.4. The van der Waals surface area contributed by atoms with Crippen LogP contribution in [-0.2, 0) is 10.3 Å². The summed E-state index contributed by atoms with van der Waals surface area (Å²) < 4.78 is 6.83. The van der Waals surface area contributed by atoms with Gasteiger partial charge in [-0.15, -0.1) is 0 Å². The Labute approximate surface area is 173 Å². The van der Waals surface area contributed by atoms with Gasteiger partial charge >= 0.3 is 0 Å². The standard InChI is InChI=1S/C21H21N7O2/c1-11(25-14-7-24-28(9-14)21(4,5)10-22)19-15-6-16(18-12(2)27-30-13(18)3)23-8-17(15)26-20(19)29/h6-9,25H,1-5H3,(H,26,29)/b19-11-. The highest BCUT2D eigenvalue weighted by molar-refractivity contribution is 6.32. The van der Waals surface area contributed by atoms with E-state index in [2.05, 4.69) is 31.9 Å². The molecule has 9 nitrogen and oxygen atoms in total. The third kappa shape index (κ3) is 3.12. The highest BCUT2D eigenvalue weighted by atomic mass is 16.5. The number of pyridine rings is 1. The lowest BCUT2D eigenvalue weighted by Gasteiger charge is -2.15. The summed E-state index contributed by atoms with van der Waals surface area (Å²) in [6, 6.07) is 4.07. The first-order chi connectivity index (χ1) is 14.2. The van der Waals surface area contributed by atoms with Gasteiger partial charge in [0.2, 0.25) is 0 Å². The van der Waals surface area contributed by atoms with E-state index in [1.807, 2.05) is 26.8 Å². The molecule has 3 aromatic heterocycles. The van der Waals surface area contributed by atoms with Gasteiger partial charge in [0.25, 0.3) is 5.91 Å². The minimum Gasteiger partial charge on any atom is -0.361 e. The van der Waals surface area contributed by atoms with Gasteiger partial charge in [0.15, 0.2) is 0 Å². The van der Waals surface area contributed by atoms with Crippen molar-refractivity contribution in [3.05, 3.63) is 47.4 Å². The Morgan fingerprint density at radius 2 is 2.10 bits per heavy atom. The van der Waals surface area contributed by atoms with Crippen LogP contribution in [0.25, 0.3) is 16.8 Å². The Balaban J connectivity index is 1.72. The fraction of sp³-hybridized carbons (Fsp3) is 0.286. The molecule has 3 aromatic rings. The van der Waals surface area contributed by atoms with E-state index >= 15 is 0 Å². The first-order valence-electron chi connectivity index (χ1n) is 9.40. The van der Waals surface area contributed by atoms with Crippen molar-refractivity contribution in [1.29, 1.82) is 5.26 Å². The Morgan fingerprint density at radius 1 is 1.33 bits per heavy atom. The van der Waals surface area contributed by atoms with Crippen molar-refractivity contribution >= 4 is 22.9 Å². The molecule has 0 fully saturated rings. The van der Waals surface area contributed by atoms with Crippen molar-refractivity contribution in [2.45, 2.75) is 40.2 Å². The number of aryl methyl sites for hydroxylation is 2. The summed E-state index contributed by atoms with van der Waals surface area (Å²) in [4.78, 5) is 17.1. The quantitative estimate of drug-likeness (QED) is 0.638. The maximum atomic E-state index is 12.7. The van der Waals surface area contributed by atoms with E-state index in [0.717, 1.165) is 16.8 Å². The van der Waals surface area contributed by atoms with Crippen molar-refractivity contribution in [1.82, 2.24) is 19.9 Å². The SMILES string of the molecule is C/C(Nc1cnn(C(C)(C)C#N)c1)=C1/C(=O)Nc2cnc(-c3c(C)noc3C)cc21. The van der Waals surface area contributed by atoms with Crippen molar-refractivity contribution in [3.8, 4) is 17.3 Å². The molecule has 2 N–H and O–H groups in total. The van der Waals surface area contributed by atoms with E-state index in [-0.39, 0.29) is 5.91 Å². The minimum atomic E-state index is -0.771. The summed E-state index contributed by atoms with van der Waals surface area (Å²) in [7, 11) is 0. The van der Waals surface area contributed by atoms with Gasteiger partial charge in [0, 0.05) is 11.3 Å². The number of anilines is 2. The smallest absolute Gasteiger partial charge is 0.258 e. The number of aromatic nitrogens is 4. The molecule has 30 heavy (non-hydrogen) atoms. The lowest BCUT2D eigenvalue weighted by atomic mass is 10.0. The summed E-state index contributed by atoms with van der Waals surface area (Å²) in [5.74, 6) is 0.461. The monoisotopic (exact) mass is 403 g/mol. The third-order valence-electron chi connectivity index (χ3n) is 5.07. The number of nitrogens with one attached hydrogen (secondary N) is 2. The van der Waals surface area contributed by atoms with Crippen LogP contribution in [0.2, 0.25) is 0 Å². The molecule has 0 saturated heterocycles. The van der Waals surface area contributed by atoms with Crippen LogP contribution in [0.1, 0.15) is 37.8 Å². The molecule has 0 atom stereocenters. The Bertz CT molecular complexity index is 1220. The lowest BCUT2D eigenvalue weighted by molar-refractivity contribution is -0.110. The van der Waals surface area contributed by atoms with E-state index < -0.39 is 5.54 Å². The summed E-state index contributed by atoms with van der Waals surface area (Å²) >= 11 is 0. The van der Waals surface area contributed by atoms with Gasteiger partial charge < -0.3 is 15.2 Å². The molecule has 0 bridgehead atoms. The second kappa shape index (κ2) is 6.84. The highest BCUT2D eigenvalue weighted by Gasteiger charge is 2.28. The van der Waals surface area contributed by atoms with E-state index in [0.29, 0.717) is 34.1 Å². The van der Waals surface area contributed by atoms with Crippen molar-refractivity contribution in [2.75, 3.05) is 10.6 Å². The molecule has 1 amide bonds. The highest BCUT2D eigenvalue weighted by Crippen LogP contribution is 2.37. The van der Waals surface area contributed by atoms with Crippen molar-refractivity contribution in [2.24, 2.45) is 0 Å². The van der Waals surface area contributed by atoms with Crippen LogP contribution in [0, 0.1) is 25.2 Å². The van der Waals surface area contributed by atoms with Crippen molar-refractivity contribution < 1.29 is 9.32 Å².